The standard InChI is InChI=1S/C14H25N3O2/c15-13(16)11-1-5-17(6-2-11)12-3-7-19-14(9-12)4-8-18-10-14/h11-12H,1-10H2,(H3,15,16). The molecule has 3 heterocycles. The summed E-state index contributed by atoms with van der Waals surface area (Å²) in [7, 11) is 0. The van der Waals surface area contributed by atoms with Crippen LogP contribution in [0.3, 0.4) is 0 Å². The Hall–Kier alpha value is -0.650. The highest BCUT2D eigenvalue weighted by molar-refractivity contribution is 5.79. The van der Waals surface area contributed by atoms with Gasteiger partial charge in [-0.1, -0.05) is 0 Å². The fourth-order valence-electron chi connectivity index (χ4n) is 3.75. The van der Waals surface area contributed by atoms with Crippen LogP contribution in [0.1, 0.15) is 32.1 Å². The quantitative estimate of drug-likeness (QED) is 0.578. The molecule has 0 aromatic rings. The highest BCUT2D eigenvalue weighted by Gasteiger charge is 2.42. The van der Waals surface area contributed by atoms with Gasteiger partial charge in [-0.2, -0.15) is 0 Å². The number of piperidine rings is 1. The number of likely N-dealkylation sites (tertiary alicyclic amines) is 1. The molecule has 0 aromatic heterocycles. The molecule has 0 aromatic carbocycles. The van der Waals surface area contributed by atoms with E-state index in [1.807, 2.05) is 0 Å². The number of amidine groups is 1. The van der Waals surface area contributed by atoms with Crippen LogP contribution in [-0.4, -0.2) is 55.3 Å². The molecule has 3 fully saturated rings. The van der Waals surface area contributed by atoms with Crippen molar-refractivity contribution in [3.63, 3.8) is 0 Å². The fourth-order valence-corrected chi connectivity index (χ4v) is 3.75. The molecule has 108 valence electrons. The second-order valence-electron chi connectivity index (χ2n) is 6.25. The Labute approximate surface area is 114 Å². The van der Waals surface area contributed by atoms with E-state index in [0.717, 1.165) is 65.0 Å². The summed E-state index contributed by atoms with van der Waals surface area (Å²) in [6, 6.07) is 0.628. The Balaban J connectivity index is 1.56. The van der Waals surface area contributed by atoms with Gasteiger partial charge in [0.05, 0.1) is 18.0 Å². The highest BCUT2D eigenvalue weighted by atomic mass is 16.6. The van der Waals surface area contributed by atoms with E-state index in [4.69, 9.17) is 20.6 Å². The van der Waals surface area contributed by atoms with Crippen LogP contribution in [0.15, 0.2) is 0 Å². The lowest BCUT2D eigenvalue weighted by atomic mass is 9.87. The van der Waals surface area contributed by atoms with Crippen LogP contribution in [0.2, 0.25) is 0 Å². The second-order valence-corrected chi connectivity index (χ2v) is 6.25. The van der Waals surface area contributed by atoms with Gasteiger partial charge in [-0.15, -0.1) is 0 Å². The van der Waals surface area contributed by atoms with Gasteiger partial charge in [0.15, 0.2) is 0 Å². The van der Waals surface area contributed by atoms with Crippen LogP contribution in [0, 0.1) is 11.3 Å². The maximum atomic E-state index is 7.55. The minimum atomic E-state index is 0.000338. The van der Waals surface area contributed by atoms with Gasteiger partial charge in [-0.3, -0.25) is 5.41 Å². The van der Waals surface area contributed by atoms with E-state index < -0.39 is 0 Å². The molecule has 2 unspecified atom stereocenters. The van der Waals surface area contributed by atoms with Gasteiger partial charge in [0, 0.05) is 31.6 Å². The molecular weight excluding hydrogens is 242 g/mol. The van der Waals surface area contributed by atoms with E-state index in [1.165, 1.54) is 0 Å². The number of rotatable bonds is 2. The van der Waals surface area contributed by atoms with Gasteiger partial charge in [0.2, 0.25) is 0 Å². The molecule has 3 saturated heterocycles. The summed E-state index contributed by atoms with van der Waals surface area (Å²) in [5.41, 5.74) is 5.61. The van der Waals surface area contributed by atoms with Crippen molar-refractivity contribution >= 4 is 5.84 Å². The van der Waals surface area contributed by atoms with Crippen LogP contribution in [0.5, 0.6) is 0 Å². The number of hydrogen-bond donors (Lipinski definition) is 2. The predicted octanol–water partition coefficient (Wildman–Crippen LogP) is 0.972. The third-order valence-electron chi connectivity index (χ3n) is 5.02. The van der Waals surface area contributed by atoms with Crippen molar-refractivity contribution in [1.29, 1.82) is 5.41 Å². The van der Waals surface area contributed by atoms with Crippen LogP contribution in [-0.2, 0) is 9.47 Å². The summed E-state index contributed by atoms with van der Waals surface area (Å²) in [4.78, 5) is 2.59. The van der Waals surface area contributed by atoms with Crippen molar-refractivity contribution in [2.45, 2.75) is 43.7 Å². The smallest absolute Gasteiger partial charge is 0.0951 e. The summed E-state index contributed by atoms with van der Waals surface area (Å²) < 4.78 is 11.5. The van der Waals surface area contributed by atoms with Crippen molar-refractivity contribution in [2.75, 3.05) is 32.9 Å². The van der Waals surface area contributed by atoms with E-state index >= 15 is 0 Å². The molecule has 2 atom stereocenters. The van der Waals surface area contributed by atoms with E-state index in [0.29, 0.717) is 17.8 Å². The fraction of sp³-hybridized carbons (Fsp3) is 0.929. The zero-order valence-corrected chi connectivity index (χ0v) is 11.6. The molecule has 19 heavy (non-hydrogen) atoms. The molecule has 1 spiro atoms. The highest BCUT2D eigenvalue weighted by Crippen LogP contribution is 2.35. The van der Waals surface area contributed by atoms with E-state index in [1.54, 1.807) is 0 Å². The van der Waals surface area contributed by atoms with E-state index in [2.05, 4.69) is 4.90 Å². The summed E-state index contributed by atoms with van der Waals surface area (Å²) >= 11 is 0. The summed E-state index contributed by atoms with van der Waals surface area (Å²) in [6.45, 7) is 4.63. The molecule has 3 aliphatic rings. The van der Waals surface area contributed by atoms with E-state index in [-0.39, 0.29) is 5.60 Å². The topological polar surface area (TPSA) is 71.6 Å². The maximum Gasteiger partial charge on any atom is 0.0951 e. The van der Waals surface area contributed by atoms with Gasteiger partial charge in [-0.05, 0) is 38.8 Å². The van der Waals surface area contributed by atoms with Gasteiger partial charge in [-0.25, -0.2) is 0 Å². The molecule has 0 saturated carbocycles. The molecule has 3 rings (SSSR count). The van der Waals surface area contributed by atoms with Gasteiger partial charge < -0.3 is 20.1 Å². The molecular formula is C14H25N3O2. The Bertz CT molecular complexity index is 334. The lowest BCUT2D eigenvalue weighted by Crippen LogP contribution is -2.51. The molecule has 5 heteroatoms. The average Bonchev–Trinajstić information content (AvgIpc) is 2.87. The average molecular weight is 267 g/mol. The van der Waals surface area contributed by atoms with Crippen molar-refractivity contribution in [1.82, 2.24) is 4.90 Å². The van der Waals surface area contributed by atoms with Crippen molar-refractivity contribution in [2.24, 2.45) is 11.7 Å². The van der Waals surface area contributed by atoms with Gasteiger partial charge in [0.25, 0.3) is 0 Å². The Morgan fingerprint density at radius 3 is 2.63 bits per heavy atom. The first-order chi connectivity index (χ1) is 9.19. The predicted molar refractivity (Wildman–Crippen MR) is 73.4 cm³/mol. The minimum Gasteiger partial charge on any atom is -0.387 e. The largest absolute Gasteiger partial charge is 0.387 e. The second kappa shape index (κ2) is 5.38. The number of hydrogen-bond acceptors (Lipinski definition) is 4. The third kappa shape index (κ3) is 2.78. The first-order valence-corrected chi connectivity index (χ1v) is 7.48. The normalized spacial score (nSPS) is 37.8. The van der Waals surface area contributed by atoms with Gasteiger partial charge in [0.1, 0.15) is 0 Å². The summed E-state index contributed by atoms with van der Waals surface area (Å²) in [5.74, 6) is 0.673. The van der Waals surface area contributed by atoms with E-state index in [9.17, 15) is 0 Å². The minimum absolute atomic E-state index is 0.000338. The molecule has 0 aliphatic carbocycles. The maximum absolute atomic E-state index is 7.55. The first-order valence-electron chi connectivity index (χ1n) is 7.48. The lowest BCUT2D eigenvalue weighted by Gasteiger charge is -2.44. The molecule has 0 bridgehead atoms. The first kappa shape index (κ1) is 13.3. The Morgan fingerprint density at radius 2 is 2.00 bits per heavy atom. The van der Waals surface area contributed by atoms with Crippen molar-refractivity contribution in [3.05, 3.63) is 0 Å². The number of nitrogens with two attached hydrogens (primary N) is 1. The summed E-state index contributed by atoms with van der Waals surface area (Å²) in [6.07, 6.45) is 5.37. The van der Waals surface area contributed by atoms with Crippen LogP contribution in [0.4, 0.5) is 0 Å². The molecule has 3 aliphatic heterocycles. The SMILES string of the molecule is N=C(N)C1CCN(C2CCOC3(CCOC3)C2)CC1. The van der Waals surface area contributed by atoms with Crippen molar-refractivity contribution in [3.8, 4) is 0 Å². The Morgan fingerprint density at radius 1 is 1.21 bits per heavy atom. The zero-order valence-electron chi connectivity index (χ0n) is 11.6. The van der Waals surface area contributed by atoms with Crippen molar-refractivity contribution < 1.29 is 9.47 Å². The number of nitrogens with one attached hydrogen (secondary N) is 1. The number of nitrogens with zero attached hydrogens (tertiary/aromatic N) is 1. The molecule has 3 N–H and O–H groups in total. The zero-order chi connectivity index (χ0) is 13.3. The van der Waals surface area contributed by atoms with Crippen LogP contribution in [0.25, 0.3) is 0 Å². The molecule has 0 radical (unpaired) electrons. The lowest BCUT2D eigenvalue weighted by molar-refractivity contribution is -0.108. The van der Waals surface area contributed by atoms with Crippen LogP contribution < -0.4 is 5.73 Å². The molecule has 0 amide bonds. The number of ether oxygens (including phenoxy) is 2. The van der Waals surface area contributed by atoms with Gasteiger partial charge >= 0.3 is 0 Å². The molecule has 5 nitrogen and oxygen atoms in total. The summed E-state index contributed by atoms with van der Waals surface area (Å²) in [5, 5.41) is 7.55. The monoisotopic (exact) mass is 267 g/mol. The Kier molecular flexibility index (Phi) is 3.78. The van der Waals surface area contributed by atoms with Crippen LogP contribution >= 0.6 is 0 Å². The third-order valence-corrected chi connectivity index (χ3v) is 5.02.